The zero-order chi connectivity index (χ0) is 18.5. The summed E-state index contributed by atoms with van der Waals surface area (Å²) in [7, 11) is 3.94. The summed E-state index contributed by atoms with van der Waals surface area (Å²) in [5.41, 5.74) is 2.26. The van der Waals surface area contributed by atoms with Crippen molar-refractivity contribution >= 4 is 28.9 Å². The highest BCUT2D eigenvalue weighted by Gasteiger charge is 2.10. The molecular formula is C19H18FN5O. The predicted molar refractivity (Wildman–Crippen MR) is 100 cm³/mol. The van der Waals surface area contributed by atoms with E-state index in [4.69, 9.17) is 0 Å². The molecule has 0 aliphatic carbocycles. The highest BCUT2D eigenvalue weighted by Crippen LogP contribution is 2.18. The number of carbonyl (C=O) groups is 1. The molecule has 0 aliphatic heterocycles. The van der Waals surface area contributed by atoms with Crippen LogP contribution in [0.4, 0.5) is 27.4 Å². The first-order valence-corrected chi connectivity index (χ1v) is 7.95. The SMILES string of the molecule is CN(C)c1ccc(Nc2ncc(C(=O)Nc3ccccc3F)cn2)cc1. The largest absolute Gasteiger partial charge is 0.378 e. The number of carbonyl (C=O) groups excluding carboxylic acids is 1. The van der Waals surface area contributed by atoms with Crippen molar-refractivity contribution in [3.8, 4) is 0 Å². The summed E-state index contributed by atoms with van der Waals surface area (Å²) in [5, 5.41) is 5.56. The van der Waals surface area contributed by atoms with Gasteiger partial charge in [-0.15, -0.1) is 0 Å². The van der Waals surface area contributed by atoms with E-state index in [2.05, 4.69) is 20.6 Å². The summed E-state index contributed by atoms with van der Waals surface area (Å²) in [5.74, 6) is -0.608. The Bertz CT molecular complexity index is 895. The maximum Gasteiger partial charge on any atom is 0.258 e. The quantitative estimate of drug-likeness (QED) is 0.734. The minimum absolute atomic E-state index is 0.112. The van der Waals surface area contributed by atoms with E-state index in [9.17, 15) is 9.18 Å². The molecule has 2 aromatic carbocycles. The van der Waals surface area contributed by atoms with Crippen molar-refractivity contribution < 1.29 is 9.18 Å². The van der Waals surface area contributed by atoms with Gasteiger partial charge in [0.25, 0.3) is 5.91 Å². The molecule has 0 spiro atoms. The molecule has 6 nitrogen and oxygen atoms in total. The minimum atomic E-state index is -0.499. The van der Waals surface area contributed by atoms with Crippen molar-refractivity contribution in [2.75, 3.05) is 29.6 Å². The van der Waals surface area contributed by atoms with Crippen LogP contribution in [0.1, 0.15) is 10.4 Å². The van der Waals surface area contributed by atoms with E-state index in [1.165, 1.54) is 24.5 Å². The number of benzene rings is 2. The van der Waals surface area contributed by atoms with Gasteiger partial charge in [-0.3, -0.25) is 4.79 Å². The van der Waals surface area contributed by atoms with Crippen molar-refractivity contribution in [2.45, 2.75) is 0 Å². The second-order valence-electron chi connectivity index (χ2n) is 5.80. The number of halogens is 1. The van der Waals surface area contributed by atoms with Gasteiger partial charge < -0.3 is 15.5 Å². The number of rotatable bonds is 5. The van der Waals surface area contributed by atoms with Crippen LogP contribution in [0, 0.1) is 5.82 Å². The second-order valence-corrected chi connectivity index (χ2v) is 5.80. The molecule has 0 atom stereocenters. The fourth-order valence-electron chi connectivity index (χ4n) is 2.24. The predicted octanol–water partition coefficient (Wildman–Crippen LogP) is 3.68. The molecule has 7 heteroatoms. The van der Waals surface area contributed by atoms with E-state index in [1.807, 2.05) is 43.3 Å². The average molecular weight is 351 g/mol. The molecule has 0 fully saturated rings. The first kappa shape index (κ1) is 17.3. The standard InChI is InChI=1S/C19H18FN5O/c1-25(2)15-9-7-14(8-10-15)23-19-21-11-13(12-22-19)18(26)24-17-6-4-3-5-16(17)20/h3-12H,1-2H3,(H,24,26)(H,21,22,23). The van der Waals surface area contributed by atoms with E-state index in [0.29, 0.717) is 5.95 Å². The van der Waals surface area contributed by atoms with Crippen molar-refractivity contribution in [1.82, 2.24) is 9.97 Å². The van der Waals surface area contributed by atoms with Crippen molar-refractivity contribution in [3.63, 3.8) is 0 Å². The van der Waals surface area contributed by atoms with Gasteiger partial charge in [-0.05, 0) is 36.4 Å². The van der Waals surface area contributed by atoms with Gasteiger partial charge in [-0.1, -0.05) is 12.1 Å². The number of para-hydroxylation sites is 1. The van der Waals surface area contributed by atoms with Crippen molar-refractivity contribution in [2.24, 2.45) is 0 Å². The highest BCUT2D eigenvalue weighted by molar-refractivity contribution is 6.03. The molecule has 3 rings (SSSR count). The van der Waals surface area contributed by atoms with Crippen LogP contribution in [0.5, 0.6) is 0 Å². The van der Waals surface area contributed by atoms with Crippen LogP contribution in [0.15, 0.2) is 60.9 Å². The van der Waals surface area contributed by atoms with Gasteiger partial charge in [0.2, 0.25) is 5.95 Å². The summed E-state index contributed by atoms with van der Waals surface area (Å²) in [6, 6.07) is 13.7. The number of amides is 1. The summed E-state index contributed by atoms with van der Waals surface area (Å²) in [6.07, 6.45) is 2.78. The van der Waals surface area contributed by atoms with Crippen molar-refractivity contribution in [1.29, 1.82) is 0 Å². The Balaban J connectivity index is 1.66. The molecule has 1 amide bonds. The van der Waals surface area contributed by atoms with Gasteiger partial charge >= 0.3 is 0 Å². The van der Waals surface area contributed by atoms with Crippen LogP contribution < -0.4 is 15.5 Å². The Labute approximate surface area is 150 Å². The zero-order valence-electron chi connectivity index (χ0n) is 14.4. The molecule has 0 saturated carbocycles. The lowest BCUT2D eigenvalue weighted by Gasteiger charge is -2.13. The molecule has 26 heavy (non-hydrogen) atoms. The van der Waals surface area contributed by atoms with E-state index in [0.717, 1.165) is 11.4 Å². The molecule has 2 N–H and O–H groups in total. The maximum atomic E-state index is 13.6. The number of anilines is 4. The summed E-state index contributed by atoms with van der Waals surface area (Å²) >= 11 is 0. The third kappa shape index (κ3) is 4.13. The Morgan fingerprint density at radius 2 is 1.65 bits per heavy atom. The van der Waals surface area contributed by atoms with Crippen LogP contribution in [-0.4, -0.2) is 30.0 Å². The van der Waals surface area contributed by atoms with Crippen molar-refractivity contribution in [3.05, 3.63) is 72.3 Å². The van der Waals surface area contributed by atoms with E-state index in [1.54, 1.807) is 12.1 Å². The molecule has 0 saturated heterocycles. The monoisotopic (exact) mass is 351 g/mol. The summed E-state index contributed by atoms with van der Waals surface area (Å²) in [4.78, 5) is 22.4. The van der Waals surface area contributed by atoms with Gasteiger partial charge in [0, 0.05) is 37.9 Å². The Kier molecular flexibility index (Phi) is 5.07. The Morgan fingerprint density at radius 1 is 1.00 bits per heavy atom. The minimum Gasteiger partial charge on any atom is -0.378 e. The second kappa shape index (κ2) is 7.60. The number of aromatic nitrogens is 2. The first-order valence-electron chi connectivity index (χ1n) is 7.95. The molecular weight excluding hydrogens is 333 g/mol. The fourth-order valence-corrected chi connectivity index (χ4v) is 2.24. The highest BCUT2D eigenvalue weighted by atomic mass is 19.1. The lowest BCUT2D eigenvalue weighted by Crippen LogP contribution is -2.14. The Morgan fingerprint density at radius 3 is 2.27 bits per heavy atom. The number of hydrogen-bond donors (Lipinski definition) is 2. The first-order chi connectivity index (χ1) is 12.5. The van der Waals surface area contributed by atoms with Gasteiger partial charge in [0.1, 0.15) is 5.82 Å². The van der Waals surface area contributed by atoms with E-state index < -0.39 is 11.7 Å². The fraction of sp³-hybridized carbons (Fsp3) is 0.105. The van der Waals surface area contributed by atoms with Gasteiger partial charge in [-0.25, -0.2) is 14.4 Å². The van der Waals surface area contributed by atoms with Crippen LogP contribution in [0.25, 0.3) is 0 Å². The molecule has 3 aromatic rings. The molecule has 132 valence electrons. The molecule has 1 aromatic heterocycles. The third-order valence-electron chi connectivity index (χ3n) is 3.68. The third-order valence-corrected chi connectivity index (χ3v) is 3.68. The molecule has 0 radical (unpaired) electrons. The number of hydrogen-bond acceptors (Lipinski definition) is 5. The number of nitrogens with one attached hydrogen (secondary N) is 2. The van der Waals surface area contributed by atoms with E-state index >= 15 is 0 Å². The van der Waals surface area contributed by atoms with Crippen LogP contribution >= 0.6 is 0 Å². The molecule has 0 bridgehead atoms. The zero-order valence-corrected chi connectivity index (χ0v) is 14.4. The topological polar surface area (TPSA) is 70.2 Å². The van der Waals surface area contributed by atoms with Crippen LogP contribution in [0.3, 0.4) is 0 Å². The normalized spacial score (nSPS) is 10.3. The van der Waals surface area contributed by atoms with Crippen LogP contribution in [-0.2, 0) is 0 Å². The smallest absolute Gasteiger partial charge is 0.258 e. The van der Waals surface area contributed by atoms with Crippen LogP contribution in [0.2, 0.25) is 0 Å². The van der Waals surface area contributed by atoms with Gasteiger partial charge in [-0.2, -0.15) is 0 Å². The molecule has 0 unspecified atom stereocenters. The lowest BCUT2D eigenvalue weighted by molar-refractivity contribution is 0.102. The maximum absolute atomic E-state index is 13.6. The molecule has 1 heterocycles. The number of nitrogens with zero attached hydrogens (tertiary/aromatic N) is 3. The summed E-state index contributed by atoms with van der Waals surface area (Å²) in [6.45, 7) is 0. The van der Waals surface area contributed by atoms with E-state index in [-0.39, 0.29) is 11.3 Å². The molecule has 0 aliphatic rings. The van der Waals surface area contributed by atoms with Gasteiger partial charge in [0.15, 0.2) is 0 Å². The average Bonchev–Trinajstić information content (AvgIpc) is 2.64. The summed E-state index contributed by atoms with van der Waals surface area (Å²) < 4.78 is 13.6. The Hall–Kier alpha value is -3.48. The lowest BCUT2D eigenvalue weighted by atomic mass is 10.2. The van der Waals surface area contributed by atoms with Gasteiger partial charge in [0.05, 0.1) is 11.3 Å².